The van der Waals surface area contributed by atoms with Gasteiger partial charge in [0.2, 0.25) is 0 Å². The molecule has 0 radical (unpaired) electrons. The van der Waals surface area contributed by atoms with Crippen LogP contribution in [0.2, 0.25) is 0 Å². The van der Waals surface area contributed by atoms with Gasteiger partial charge in [0.05, 0.1) is 6.61 Å². The summed E-state index contributed by atoms with van der Waals surface area (Å²) in [6, 6.07) is 3.81. The molecule has 1 fully saturated rings. The lowest BCUT2D eigenvalue weighted by molar-refractivity contribution is -0.152. The van der Waals surface area contributed by atoms with Gasteiger partial charge in [0.25, 0.3) is 0 Å². The summed E-state index contributed by atoms with van der Waals surface area (Å²) >= 11 is 3.47. The van der Waals surface area contributed by atoms with E-state index in [1.807, 2.05) is 29.7 Å². The van der Waals surface area contributed by atoms with Crippen LogP contribution >= 0.6 is 15.9 Å². The Hall–Kier alpha value is -1.43. The number of halogens is 1. The highest BCUT2D eigenvalue weighted by Gasteiger charge is 2.46. The number of carbonyl (C=O) groups is 1. The third-order valence-corrected chi connectivity index (χ3v) is 4.64. The number of esters is 1. The smallest absolute Gasteiger partial charge is 0.319 e. The molecular formula is C15H18BrN3O2. The van der Waals surface area contributed by atoms with E-state index in [-0.39, 0.29) is 5.97 Å². The van der Waals surface area contributed by atoms with E-state index in [4.69, 9.17) is 4.74 Å². The van der Waals surface area contributed by atoms with Crippen molar-refractivity contribution in [1.82, 2.24) is 14.6 Å². The van der Waals surface area contributed by atoms with Gasteiger partial charge in [-0.15, -0.1) is 10.2 Å². The summed E-state index contributed by atoms with van der Waals surface area (Å²) in [5, 5.41) is 8.53. The van der Waals surface area contributed by atoms with Crippen molar-refractivity contribution < 1.29 is 9.53 Å². The molecule has 0 aliphatic heterocycles. The summed E-state index contributed by atoms with van der Waals surface area (Å²) < 4.78 is 8.20. The number of hydrogen-bond donors (Lipinski definition) is 0. The van der Waals surface area contributed by atoms with Crippen molar-refractivity contribution in [1.29, 1.82) is 0 Å². The van der Waals surface area contributed by atoms with E-state index in [1.54, 1.807) is 0 Å². The number of nitrogens with zero attached hydrogens (tertiary/aromatic N) is 3. The van der Waals surface area contributed by atoms with Crippen LogP contribution in [0.15, 0.2) is 22.8 Å². The van der Waals surface area contributed by atoms with Crippen LogP contribution in [0.25, 0.3) is 5.65 Å². The maximum absolute atomic E-state index is 12.6. The minimum Gasteiger partial charge on any atom is -0.465 e. The molecule has 2 heterocycles. The van der Waals surface area contributed by atoms with Gasteiger partial charge in [0.15, 0.2) is 11.5 Å². The van der Waals surface area contributed by atoms with E-state index in [9.17, 15) is 4.79 Å². The molecule has 21 heavy (non-hydrogen) atoms. The Morgan fingerprint density at radius 2 is 2.10 bits per heavy atom. The van der Waals surface area contributed by atoms with E-state index >= 15 is 0 Å². The van der Waals surface area contributed by atoms with Crippen LogP contribution in [0.1, 0.15) is 44.9 Å². The molecule has 2 aromatic heterocycles. The van der Waals surface area contributed by atoms with Crippen molar-refractivity contribution in [3.05, 3.63) is 28.6 Å². The molecule has 0 amide bonds. The van der Waals surface area contributed by atoms with Crippen LogP contribution in [0.3, 0.4) is 0 Å². The van der Waals surface area contributed by atoms with Crippen LogP contribution in [0.4, 0.5) is 0 Å². The normalized spacial score (nSPS) is 17.8. The zero-order valence-electron chi connectivity index (χ0n) is 12.0. The van der Waals surface area contributed by atoms with Crippen LogP contribution in [0.5, 0.6) is 0 Å². The highest BCUT2D eigenvalue weighted by molar-refractivity contribution is 9.10. The average molecular weight is 352 g/mol. The van der Waals surface area contributed by atoms with Crippen molar-refractivity contribution in [2.75, 3.05) is 6.61 Å². The van der Waals surface area contributed by atoms with Gasteiger partial charge in [-0.25, -0.2) is 0 Å². The molecule has 0 unspecified atom stereocenters. The number of pyridine rings is 1. The molecule has 6 heteroatoms. The topological polar surface area (TPSA) is 56.5 Å². The monoisotopic (exact) mass is 351 g/mol. The van der Waals surface area contributed by atoms with Crippen LogP contribution in [0, 0.1) is 0 Å². The molecule has 3 rings (SSSR count). The molecule has 0 saturated heterocycles. The first-order valence-corrected chi connectivity index (χ1v) is 8.15. The minimum absolute atomic E-state index is 0.168. The molecular weight excluding hydrogens is 334 g/mol. The molecule has 112 valence electrons. The molecule has 0 bridgehead atoms. The maximum atomic E-state index is 12.6. The van der Waals surface area contributed by atoms with Crippen LogP contribution in [-0.4, -0.2) is 27.2 Å². The van der Waals surface area contributed by atoms with Gasteiger partial charge in [-0.1, -0.05) is 19.3 Å². The standard InChI is InChI=1S/C15H18BrN3O2/c1-2-21-14(20)15(8-4-3-5-9-15)13-18-17-12-7-6-11(16)10-19(12)13/h6-7,10H,2-5,8-9H2,1H3. The van der Waals surface area contributed by atoms with Gasteiger partial charge in [-0.05, 0) is 47.8 Å². The summed E-state index contributed by atoms with van der Waals surface area (Å²) in [4.78, 5) is 12.6. The summed E-state index contributed by atoms with van der Waals surface area (Å²) in [6.07, 6.45) is 6.66. The first-order valence-electron chi connectivity index (χ1n) is 7.35. The molecule has 0 aromatic carbocycles. The highest BCUT2D eigenvalue weighted by atomic mass is 79.9. The Morgan fingerprint density at radius 1 is 1.33 bits per heavy atom. The fourth-order valence-corrected chi connectivity index (χ4v) is 3.47. The van der Waals surface area contributed by atoms with Crippen molar-refractivity contribution in [3.63, 3.8) is 0 Å². The van der Waals surface area contributed by atoms with E-state index in [2.05, 4.69) is 26.1 Å². The number of fused-ring (bicyclic) bond motifs is 1. The largest absolute Gasteiger partial charge is 0.465 e. The minimum atomic E-state index is -0.658. The molecule has 1 aliphatic carbocycles. The van der Waals surface area contributed by atoms with E-state index in [1.165, 1.54) is 0 Å². The van der Waals surface area contributed by atoms with Gasteiger partial charge in [-0.2, -0.15) is 0 Å². The Balaban J connectivity index is 2.14. The first kappa shape index (κ1) is 14.5. The predicted molar refractivity (Wildman–Crippen MR) is 82.1 cm³/mol. The molecule has 0 N–H and O–H groups in total. The molecule has 1 saturated carbocycles. The van der Waals surface area contributed by atoms with Gasteiger partial charge in [0.1, 0.15) is 5.41 Å². The lowest BCUT2D eigenvalue weighted by Crippen LogP contribution is -2.41. The Bertz CT molecular complexity index is 662. The average Bonchev–Trinajstić information content (AvgIpc) is 2.91. The van der Waals surface area contributed by atoms with Crippen LogP contribution < -0.4 is 0 Å². The molecule has 0 spiro atoms. The Kier molecular flexibility index (Phi) is 3.97. The molecule has 5 nitrogen and oxygen atoms in total. The SMILES string of the molecule is CCOC(=O)C1(c2nnc3ccc(Br)cn23)CCCCC1. The molecule has 1 aliphatic rings. The Morgan fingerprint density at radius 3 is 2.81 bits per heavy atom. The van der Waals surface area contributed by atoms with Gasteiger partial charge in [-0.3, -0.25) is 9.20 Å². The van der Waals surface area contributed by atoms with Crippen molar-refractivity contribution in [3.8, 4) is 0 Å². The number of ether oxygens (including phenoxy) is 1. The second kappa shape index (κ2) is 5.75. The van der Waals surface area contributed by atoms with Gasteiger partial charge < -0.3 is 4.74 Å². The molecule has 0 atom stereocenters. The lowest BCUT2D eigenvalue weighted by atomic mass is 9.73. The number of aromatic nitrogens is 3. The second-order valence-electron chi connectivity index (χ2n) is 5.46. The van der Waals surface area contributed by atoms with Crippen molar-refractivity contribution in [2.45, 2.75) is 44.4 Å². The van der Waals surface area contributed by atoms with E-state index in [0.717, 1.165) is 42.2 Å². The quantitative estimate of drug-likeness (QED) is 0.796. The zero-order valence-corrected chi connectivity index (χ0v) is 13.6. The first-order chi connectivity index (χ1) is 10.2. The van der Waals surface area contributed by atoms with Gasteiger partial charge >= 0.3 is 5.97 Å². The lowest BCUT2D eigenvalue weighted by Gasteiger charge is -2.33. The van der Waals surface area contributed by atoms with Crippen molar-refractivity contribution >= 4 is 27.5 Å². The maximum Gasteiger partial charge on any atom is 0.319 e. The van der Waals surface area contributed by atoms with Gasteiger partial charge in [0, 0.05) is 10.7 Å². The fourth-order valence-electron chi connectivity index (χ4n) is 3.13. The van der Waals surface area contributed by atoms with E-state index < -0.39 is 5.41 Å². The van der Waals surface area contributed by atoms with Crippen molar-refractivity contribution in [2.24, 2.45) is 0 Å². The summed E-state index contributed by atoms with van der Waals surface area (Å²) in [5.74, 6) is 0.538. The zero-order chi connectivity index (χ0) is 14.9. The number of hydrogen-bond acceptors (Lipinski definition) is 4. The summed E-state index contributed by atoms with van der Waals surface area (Å²) in [5.41, 5.74) is 0.0940. The number of rotatable bonds is 3. The second-order valence-corrected chi connectivity index (χ2v) is 6.38. The summed E-state index contributed by atoms with van der Waals surface area (Å²) in [6.45, 7) is 2.23. The highest BCUT2D eigenvalue weighted by Crippen LogP contribution is 2.40. The fraction of sp³-hybridized carbons (Fsp3) is 0.533. The number of carbonyl (C=O) groups excluding carboxylic acids is 1. The Labute approximate surface area is 131 Å². The third kappa shape index (κ3) is 2.46. The predicted octanol–water partition coefficient (Wildman–Crippen LogP) is 3.26. The van der Waals surface area contributed by atoms with E-state index in [0.29, 0.717) is 12.4 Å². The van der Waals surface area contributed by atoms with Crippen LogP contribution in [-0.2, 0) is 14.9 Å². The summed E-state index contributed by atoms with van der Waals surface area (Å²) in [7, 11) is 0. The molecule has 2 aromatic rings. The third-order valence-electron chi connectivity index (χ3n) is 4.17.